The second-order valence-electron chi connectivity index (χ2n) is 7.69. The van der Waals surface area contributed by atoms with E-state index in [1.165, 1.54) is 0 Å². The van der Waals surface area contributed by atoms with Gasteiger partial charge in [0.05, 0.1) is 6.54 Å². The van der Waals surface area contributed by atoms with Gasteiger partial charge in [-0.05, 0) is 26.3 Å². The first kappa shape index (κ1) is 20.3. The van der Waals surface area contributed by atoms with Gasteiger partial charge < -0.3 is 19.1 Å². The van der Waals surface area contributed by atoms with Gasteiger partial charge in [-0.2, -0.15) is 0 Å². The molecule has 1 atom stereocenters. The topological polar surface area (TPSA) is 60.9 Å². The Kier molecular flexibility index (Phi) is 6.29. The van der Waals surface area contributed by atoms with Crippen molar-refractivity contribution < 1.29 is 19.0 Å². The smallest absolute Gasteiger partial charge is 0.410 e. The molecule has 0 unspecified atom stereocenters. The van der Waals surface area contributed by atoms with E-state index >= 15 is 0 Å². The minimum Gasteiger partial charge on any atom is -0.489 e. The molecule has 1 amide bonds. The summed E-state index contributed by atoms with van der Waals surface area (Å²) in [5.74, 6) is 0.965. The van der Waals surface area contributed by atoms with E-state index in [4.69, 9.17) is 25.8 Å². The van der Waals surface area contributed by atoms with Crippen LogP contribution in [0.25, 0.3) is 0 Å². The molecule has 1 fully saturated rings. The third-order valence-corrected chi connectivity index (χ3v) is 4.27. The number of benzene rings is 1. The highest BCUT2D eigenvalue weighted by Gasteiger charge is 2.31. The summed E-state index contributed by atoms with van der Waals surface area (Å²) in [6.45, 7) is 7.00. The number of carbonyl (C=O) groups is 1. The number of halogens is 1. The van der Waals surface area contributed by atoms with E-state index in [0.717, 1.165) is 5.56 Å². The molecule has 1 aliphatic heterocycles. The van der Waals surface area contributed by atoms with Crippen LogP contribution in [0.4, 0.5) is 4.79 Å². The SMILES string of the molecule is CC(C)(C)OC(=O)N1CC[C@H](Oc2cc(OCc3ccccc3)cc(Cl)n2)C1. The molecule has 1 aliphatic rings. The third-order valence-electron chi connectivity index (χ3n) is 4.08. The molecule has 0 spiro atoms. The van der Waals surface area contributed by atoms with Crippen molar-refractivity contribution in [3.8, 4) is 11.6 Å². The fraction of sp³-hybridized carbons (Fsp3) is 0.429. The van der Waals surface area contributed by atoms with Gasteiger partial charge in [0.2, 0.25) is 5.88 Å². The Hall–Kier alpha value is -2.47. The lowest BCUT2D eigenvalue weighted by atomic mass is 10.2. The van der Waals surface area contributed by atoms with Crippen LogP contribution in [0.5, 0.6) is 11.6 Å². The van der Waals surface area contributed by atoms with Crippen LogP contribution in [-0.4, -0.2) is 40.8 Å². The fourth-order valence-electron chi connectivity index (χ4n) is 2.82. The summed E-state index contributed by atoms with van der Waals surface area (Å²) in [7, 11) is 0. The van der Waals surface area contributed by atoms with Gasteiger partial charge in [0, 0.05) is 25.1 Å². The van der Waals surface area contributed by atoms with Crippen molar-refractivity contribution in [2.24, 2.45) is 0 Å². The van der Waals surface area contributed by atoms with E-state index in [1.807, 2.05) is 51.1 Å². The van der Waals surface area contributed by atoms with E-state index in [9.17, 15) is 4.79 Å². The molecule has 0 bridgehead atoms. The third kappa shape index (κ3) is 6.02. The first-order valence-electron chi connectivity index (χ1n) is 9.27. The minimum atomic E-state index is -0.518. The first-order valence-corrected chi connectivity index (χ1v) is 9.65. The Morgan fingerprint density at radius 1 is 1.25 bits per heavy atom. The van der Waals surface area contributed by atoms with Crippen LogP contribution in [-0.2, 0) is 11.3 Å². The molecular weight excluding hydrogens is 380 g/mol. The van der Waals surface area contributed by atoms with Gasteiger partial charge in [-0.1, -0.05) is 41.9 Å². The molecule has 0 aliphatic carbocycles. The molecule has 2 heterocycles. The molecule has 28 heavy (non-hydrogen) atoms. The maximum atomic E-state index is 12.2. The van der Waals surface area contributed by atoms with Crippen molar-refractivity contribution in [3.05, 3.63) is 53.2 Å². The Morgan fingerprint density at radius 2 is 2.00 bits per heavy atom. The van der Waals surface area contributed by atoms with Gasteiger partial charge in [-0.15, -0.1) is 0 Å². The number of hydrogen-bond acceptors (Lipinski definition) is 5. The van der Waals surface area contributed by atoms with E-state index in [2.05, 4.69) is 4.98 Å². The van der Waals surface area contributed by atoms with Gasteiger partial charge in [-0.3, -0.25) is 0 Å². The van der Waals surface area contributed by atoms with Crippen molar-refractivity contribution in [2.45, 2.75) is 45.5 Å². The lowest BCUT2D eigenvalue weighted by molar-refractivity contribution is 0.0275. The number of ether oxygens (including phenoxy) is 3. The lowest BCUT2D eigenvalue weighted by Gasteiger charge is -2.24. The summed E-state index contributed by atoms with van der Waals surface area (Å²) in [6, 6.07) is 13.2. The van der Waals surface area contributed by atoms with E-state index in [1.54, 1.807) is 17.0 Å². The highest BCUT2D eigenvalue weighted by atomic mass is 35.5. The number of amides is 1. The average molecular weight is 405 g/mol. The van der Waals surface area contributed by atoms with Crippen molar-refractivity contribution >= 4 is 17.7 Å². The van der Waals surface area contributed by atoms with E-state index in [0.29, 0.717) is 42.9 Å². The quantitative estimate of drug-likeness (QED) is 0.676. The molecule has 3 rings (SSSR count). The summed E-state index contributed by atoms with van der Waals surface area (Å²) in [5.41, 5.74) is 0.539. The fourth-order valence-corrected chi connectivity index (χ4v) is 3.01. The molecule has 0 saturated carbocycles. The van der Waals surface area contributed by atoms with Crippen LogP contribution < -0.4 is 9.47 Å². The largest absolute Gasteiger partial charge is 0.489 e. The normalized spacial score (nSPS) is 16.7. The molecule has 150 valence electrons. The van der Waals surface area contributed by atoms with Crippen molar-refractivity contribution in [1.82, 2.24) is 9.88 Å². The Bertz CT molecular complexity index is 808. The number of rotatable bonds is 5. The van der Waals surface area contributed by atoms with Crippen LogP contribution in [0.2, 0.25) is 5.15 Å². The molecule has 0 radical (unpaired) electrons. The number of pyridine rings is 1. The second kappa shape index (κ2) is 8.69. The lowest BCUT2D eigenvalue weighted by Crippen LogP contribution is -2.36. The molecular formula is C21H25ClN2O4. The summed E-state index contributed by atoms with van der Waals surface area (Å²) in [6.07, 6.45) is 0.207. The highest BCUT2D eigenvalue weighted by molar-refractivity contribution is 6.29. The zero-order chi connectivity index (χ0) is 20.1. The van der Waals surface area contributed by atoms with Crippen LogP contribution in [0.3, 0.4) is 0 Å². The van der Waals surface area contributed by atoms with Gasteiger partial charge >= 0.3 is 6.09 Å². The molecule has 0 N–H and O–H groups in total. The van der Waals surface area contributed by atoms with Crippen LogP contribution >= 0.6 is 11.6 Å². The van der Waals surface area contributed by atoms with Crippen LogP contribution in [0.15, 0.2) is 42.5 Å². The van der Waals surface area contributed by atoms with Gasteiger partial charge in [0.15, 0.2) is 0 Å². The molecule has 7 heteroatoms. The molecule has 1 aromatic carbocycles. The maximum Gasteiger partial charge on any atom is 0.410 e. The predicted molar refractivity (Wildman–Crippen MR) is 107 cm³/mol. The van der Waals surface area contributed by atoms with Gasteiger partial charge in [0.1, 0.15) is 29.2 Å². The summed E-state index contributed by atoms with van der Waals surface area (Å²) in [5, 5.41) is 0.294. The summed E-state index contributed by atoms with van der Waals surface area (Å²) >= 11 is 6.11. The standard InChI is InChI=1S/C21H25ClN2O4/c1-21(2,3)28-20(25)24-10-9-16(13-24)27-19-12-17(11-18(22)23-19)26-14-15-7-5-4-6-8-15/h4-8,11-12,16H,9-10,13-14H2,1-3H3/t16-/m0/s1. The van der Waals surface area contributed by atoms with E-state index in [-0.39, 0.29) is 12.2 Å². The molecule has 1 saturated heterocycles. The zero-order valence-electron chi connectivity index (χ0n) is 16.4. The van der Waals surface area contributed by atoms with Crippen molar-refractivity contribution in [2.75, 3.05) is 13.1 Å². The van der Waals surface area contributed by atoms with Crippen LogP contribution in [0, 0.1) is 0 Å². The maximum absolute atomic E-state index is 12.2. The predicted octanol–water partition coefficient (Wildman–Crippen LogP) is 4.70. The number of carbonyl (C=O) groups excluding carboxylic acids is 1. The van der Waals surface area contributed by atoms with Crippen LogP contribution in [0.1, 0.15) is 32.8 Å². The van der Waals surface area contributed by atoms with Crippen molar-refractivity contribution in [3.63, 3.8) is 0 Å². The molecule has 2 aromatic rings. The summed E-state index contributed by atoms with van der Waals surface area (Å²) < 4.78 is 17.1. The Labute approximate surface area is 170 Å². The summed E-state index contributed by atoms with van der Waals surface area (Å²) in [4.78, 5) is 18.0. The van der Waals surface area contributed by atoms with Crippen molar-refractivity contribution in [1.29, 1.82) is 0 Å². The molecule has 6 nitrogen and oxygen atoms in total. The zero-order valence-corrected chi connectivity index (χ0v) is 17.1. The number of aromatic nitrogens is 1. The molecule has 1 aromatic heterocycles. The number of hydrogen-bond donors (Lipinski definition) is 0. The van der Waals surface area contributed by atoms with Gasteiger partial charge in [-0.25, -0.2) is 9.78 Å². The second-order valence-corrected chi connectivity index (χ2v) is 8.08. The monoisotopic (exact) mass is 404 g/mol. The highest BCUT2D eigenvalue weighted by Crippen LogP contribution is 2.26. The Balaban J connectivity index is 1.57. The average Bonchev–Trinajstić information content (AvgIpc) is 3.08. The first-order chi connectivity index (χ1) is 13.3. The number of likely N-dealkylation sites (tertiary alicyclic amines) is 1. The van der Waals surface area contributed by atoms with Gasteiger partial charge in [0.25, 0.3) is 0 Å². The van der Waals surface area contributed by atoms with E-state index < -0.39 is 5.60 Å². The number of nitrogens with zero attached hydrogens (tertiary/aromatic N) is 2. The minimum absolute atomic E-state index is 0.166. The Morgan fingerprint density at radius 3 is 2.71 bits per heavy atom.